The van der Waals surface area contributed by atoms with Crippen LogP contribution in [0.25, 0.3) is 0 Å². The number of hydrogen-bond donors (Lipinski definition) is 3. The highest BCUT2D eigenvalue weighted by Gasteiger charge is 2.06. The van der Waals surface area contributed by atoms with E-state index in [-0.39, 0.29) is 5.75 Å². The maximum atomic E-state index is 9.84. The lowest BCUT2D eigenvalue weighted by Gasteiger charge is -2.05. The largest absolute Gasteiger partial charge is 0.504 e. The molecule has 0 bridgehead atoms. The number of aromatic hydroxyl groups is 1. The van der Waals surface area contributed by atoms with Crippen molar-refractivity contribution in [3.8, 4) is 11.5 Å². The average molecular weight is 262 g/mol. The van der Waals surface area contributed by atoms with E-state index in [0.29, 0.717) is 23.1 Å². The number of nitrogens with two attached hydrogens (primary N) is 1. The summed E-state index contributed by atoms with van der Waals surface area (Å²) in [6.07, 6.45) is 1.43. The lowest BCUT2D eigenvalue weighted by Crippen LogP contribution is -2.13. The molecule has 4 N–H and O–H groups in total. The Balaban J connectivity index is 2.13. The summed E-state index contributed by atoms with van der Waals surface area (Å²) in [6, 6.07) is 5.09. The highest BCUT2D eigenvalue weighted by molar-refractivity contribution is 5.85. The van der Waals surface area contributed by atoms with E-state index in [0.717, 1.165) is 0 Å². The van der Waals surface area contributed by atoms with Crippen LogP contribution in [0.1, 0.15) is 11.4 Å². The molecule has 2 rings (SSSR count). The van der Waals surface area contributed by atoms with Crippen molar-refractivity contribution in [2.75, 3.05) is 18.4 Å². The fourth-order valence-electron chi connectivity index (χ4n) is 1.41. The lowest BCUT2D eigenvalue weighted by atomic mass is 10.2. The van der Waals surface area contributed by atoms with Gasteiger partial charge in [0.05, 0.1) is 13.3 Å². The molecule has 8 nitrogen and oxygen atoms in total. The van der Waals surface area contributed by atoms with Crippen LogP contribution >= 0.6 is 0 Å². The first-order valence-corrected chi connectivity index (χ1v) is 5.45. The van der Waals surface area contributed by atoms with Gasteiger partial charge in [-0.2, -0.15) is 5.10 Å². The third kappa shape index (κ3) is 2.57. The van der Waals surface area contributed by atoms with Gasteiger partial charge >= 0.3 is 0 Å². The number of para-hydroxylation sites is 1. The number of nitrogens with zero attached hydrogens (tertiary/aromatic N) is 4. The van der Waals surface area contributed by atoms with Gasteiger partial charge in [0.2, 0.25) is 0 Å². The maximum absolute atomic E-state index is 9.84. The van der Waals surface area contributed by atoms with Gasteiger partial charge in [-0.25, -0.2) is 10.1 Å². The minimum Gasteiger partial charge on any atom is -0.504 e. The second-order valence-electron chi connectivity index (χ2n) is 3.71. The first kappa shape index (κ1) is 12.7. The van der Waals surface area contributed by atoms with Crippen LogP contribution in [0.5, 0.6) is 11.5 Å². The number of anilines is 1. The Morgan fingerprint density at radius 2 is 2.26 bits per heavy atom. The topological polar surface area (TPSA) is 111 Å². The first-order chi connectivity index (χ1) is 9.13. The summed E-state index contributed by atoms with van der Waals surface area (Å²) in [5, 5.41) is 21.3. The third-order valence-corrected chi connectivity index (χ3v) is 2.48. The molecule has 0 aliphatic carbocycles. The van der Waals surface area contributed by atoms with Gasteiger partial charge in [-0.15, -0.1) is 10.2 Å². The summed E-state index contributed by atoms with van der Waals surface area (Å²) in [4.78, 5) is 0. The third-order valence-electron chi connectivity index (χ3n) is 2.48. The van der Waals surface area contributed by atoms with Crippen molar-refractivity contribution in [2.45, 2.75) is 6.92 Å². The zero-order chi connectivity index (χ0) is 13.8. The van der Waals surface area contributed by atoms with E-state index in [1.807, 2.05) is 0 Å². The fraction of sp³-hybridized carbons (Fsp3) is 0.182. The number of hydrazone groups is 1. The molecule has 2 aromatic rings. The number of ether oxygens (including phenoxy) is 1. The van der Waals surface area contributed by atoms with E-state index in [1.165, 1.54) is 18.0 Å². The molecule has 0 fully saturated rings. The SMILES string of the molecule is COc1cccc(/C=N/Nc2nnc(C)n2N)c1O. The number of hydrogen-bond acceptors (Lipinski definition) is 7. The summed E-state index contributed by atoms with van der Waals surface area (Å²) in [5.74, 6) is 6.89. The molecule has 0 saturated carbocycles. The van der Waals surface area contributed by atoms with E-state index < -0.39 is 0 Å². The molecule has 100 valence electrons. The van der Waals surface area contributed by atoms with Crippen molar-refractivity contribution in [3.05, 3.63) is 29.6 Å². The number of phenols is 1. The van der Waals surface area contributed by atoms with E-state index in [1.54, 1.807) is 25.1 Å². The van der Waals surface area contributed by atoms with Crippen molar-refractivity contribution in [3.63, 3.8) is 0 Å². The zero-order valence-corrected chi connectivity index (χ0v) is 10.5. The summed E-state index contributed by atoms with van der Waals surface area (Å²) in [5.41, 5.74) is 3.13. The molecule has 0 spiro atoms. The quantitative estimate of drug-likeness (QED) is 0.419. The summed E-state index contributed by atoms with van der Waals surface area (Å²) >= 11 is 0. The number of benzene rings is 1. The average Bonchev–Trinajstić information content (AvgIpc) is 2.72. The Morgan fingerprint density at radius 3 is 2.89 bits per heavy atom. The second-order valence-corrected chi connectivity index (χ2v) is 3.71. The maximum Gasteiger partial charge on any atom is 0.263 e. The number of aromatic nitrogens is 3. The number of nitrogens with one attached hydrogen (secondary N) is 1. The monoisotopic (exact) mass is 262 g/mol. The van der Waals surface area contributed by atoms with Crippen molar-refractivity contribution in [2.24, 2.45) is 5.10 Å². The van der Waals surface area contributed by atoms with Gasteiger partial charge < -0.3 is 15.7 Å². The molecule has 0 unspecified atom stereocenters. The first-order valence-electron chi connectivity index (χ1n) is 5.45. The van der Waals surface area contributed by atoms with Crippen LogP contribution in [0.15, 0.2) is 23.3 Å². The van der Waals surface area contributed by atoms with Crippen LogP contribution in [0, 0.1) is 6.92 Å². The van der Waals surface area contributed by atoms with E-state index in [9.17, 15) is 5.11 Å². The number of methoxy groups -OCH3 is 1. The minimum atomic E-state index is 0.0148. The van der Waals surface area contributed by atoms with Gasteiger partial charge in [-0.1, -0.05) is 6.07 Å². The zero-order valence-electron chi connectivity index (χ0n) is 10.5. The van der Waals surface area contributed by atoms with Crippen molar-refractivity contribution >= 4 is 12.2 Å². The minimum absolute atomic E-state index is 0.0148. The Labute approximate surface area is 109 Å². The van der Waals surface area contributed by atoms with E-state index >= 15 is 0 Å². The molecule has 0 saturated heterocycles. The van der Waals surface area contributed by atoms with Crippen LogP contribution in [0.4, 0.5) is 5.95 Å². The number of phenolic OH excluding ortho intramolecular Hbond substituents is 1. The Hall–Kier alpha value is -2.77. The van der Waals surface area contributed by atoms with Crippen LogP contribution in [0.2, 0.25) is 0 Å². The van der Waals surface area contributed by atoms with Crippen molar-refractivity contribution in [1.29, 1.82) is 0 Å². The fourth-order valence-corrected chi connectivity index (χ4v) is 1.41. The van der Waals surface area contributed by atoms with Crippen LogP contribution < -0.4 is 16.0 Å². The molecule has 0 radical (unpaired) electrons. The molecule has 1 heterocycles. The van der Waals surface area contributed by atoms with Crippen molar-refractivity contribution < 1.29 is 9.84 Å². The number of rotatable bonds is 4. The predicted molar refractivity (Wildman–Crippen MR) is 70.8 cm³/mol. The van der Waals surface area contributed by atoms with Gasteiger partial charge in [0.1, 0.15) is 0 Å². The Bertz CT molecular complexity index is 607. The predicted octanol–water partition coefficient (Wildman–Crippen LogP) is 0.461. The lowest BCUT2D eigenvalue weighted by molar-refractivity contribution is 0.373. The highest BCUT2D eigenvalue weighted by Crippen LogP contribution is 2.27. The highest BCUT2D eigenvalue weighted by atomic mass is 16.5. The number of nitrogen functional groups attached to an aromatic ring is 1. The van der Waals surface area contributed by atoms with Crippen LogP contribution in [-0.2, 0) is 0 Å². The van der Waals surface area contributed by atoms with Gasteiger partial charge in [0.15, 0.2) is 17.3 Å². The van der Waals surface area contributed by atoms with E-state index in [2.05, 4.69) is 20.7 Å². The van der Waals surface area contributed by atoms with Gasteiger partial charge in [-0.3, -0.25) is 0 Å². The summed E-state index contributed by atoms with van der Waals surface area (Å²) < 4.78 is 6.26. The van der Waals surface area contributed by atoms with Gasteiger partial charge in [0.25, 0.3) is 5.95 Å². The molecule has 0 aliphatic rings. The normalized spacial score (nSPS) is 10.8. The second kappa shape index (κ2) is 5.25. The molecule has 1 aromatic carbocycles. The molecule has 1 aromatic heterocycles. The number of aryl methyl sites for hydroxylation is 1. The standard InChI is InChI=1S/C11H14N6O2/c1-7-14-16-11(17(7)12)15-13-6-8-4-3-5-9(19-2)10(8)18/h3-6,18H,12H2,1-2H3,(H,15,16)/b13-6+. The summed E-state index contributed by atoms with van der Waals surface area (Å²) in [7, 11) is 1.48. The molecule has 0 atom stereocenters. The van der Waals surface area contributed by atoms with Crippen molar-refractivity contribution in [1.82, 2.24) is 14.9 Å². The molecule has 19 heavy (non-hydrogen) atoms. The molecule has 8 heteroatoms. The molecule has 0 amide bonds. The van der Waals surface area contributed by atoms with Gasteiger partial charge in [-0.05, 0) is 19.1 Å². The van der Waals surface area contributed by atoms with Crippen LogP contribution in [-0.4, -0.2) is 33.3 Å². The Kier molecular flexibility index (Phi) is 3.51. The van der Waals surface area contributed by atoms with Gasteiger partial charge in [0, 0.05) is 5.56 Å². The molecule has 0 aliphatic heterocycles. The smallest absolute Gasteiger partial charge is 0.263 e. The molecular formula is C11H14N6O2. The molecular weight excluding hydrogens is 248 g/mol. The van der Waals surface area contributed by atoms with E-state index in [4.69, 9.17) is 10.6 Å². The summed E-state index contributed by atoms with van der Waals surface area (Å²) in [6.45, 7) is 1.72. The van der Waals surface area contributed by atoms with Crippen LogP contribution in [0.3, 0.4) is 0 Å². The Morgan fingerprint density at radius 1 is 1.47 bits per heavy atom.